The number of aryl methyl sites for hydroxylation is 1. The van der Waals surface area contributed by atoms with Crippen molar-refractivity contribution in [2.24, 2.45) is 12.8 Å². The molecule has 1 amide bonds. The minimum absolute atomic E-state index is 0.190. The summed E-state index contributed by atoms with van der Waals surface area (Å²) in [6.07, 6.45) is 3.57. The highest BCUT2D eigenvalue weighted by Gasteiger charge is 2.14. The van der Waals surface area contributed by atoms with Crippen LogP contribution in [0.2, 0.25) is 0 Å². The Morgan fingerprint density at radius 3 is 2.78 bits per heavy atom. The van der Waals surface area contributed by atoms with Crippen molar-refractivity contribution in [1.82, 2.24) is 15.1 Å². The van der Waals surface area contributed by atoms with Gasteiger partial charge in [-0.25, -0.2) is 0 Å². The molecule has 0 aliphatic heterocycles. The van der Waals surface area contributed by atoms with Crippen molar-refractivity contribution < 1.29 is 4.79 Å². The molecule has 0 aliphatic rings. The number of hydrogen-bond donors (Lipinski definition) is 2. The summed E-state index contributed by atoms with van der Waals surface area (Å²) in [6, 6.07) is 8.67. The fourth-order valence-corrected chi connectivity index (χ4v) is 1.67. The highest BCUT2D eigenvalue weighted by atomic mass is 16.2. The predicted molar refractivity (Wildman–Crippen MR) is 68.4 cm³/mol. The van der Waals surface area contributed by atoms with Gasteiger partial charge in [0.05, 0.1) is 6.20 Å². The smallest absolute Gasteiger partial charge is 0.241 e. The first-order chi connectivity index (χ1) is 8.66. The average molecular weight is 244 g/mol. The van der Waals surface area contributed by atoms with E-state index >= 15 is 0 Å². The number of aromatic nitrogens is 2. The van der Waals surface area contributed by atoms with Gasteiger partial charge in [-0.15, -0.1) is 0 Å². The Bertz CT molecular complexity index is 521. The van der Waals surface area contributed by atoms with Crippen molar-refractivity contribution in [3.05, 3.63) is 53.9 Å². The summed E-state index contributed by atoms with van der Waals surface area (Å²) in [5.74, 6) is -0.190. The van der Waals surface area contributed by atoms with E-state index in [2.05, 4.69) is 10.4 Å². The van der Waals surface area contributed by atoms with E-state index in [1.165, 1.54) is 0 Å². The SMILES string of the molecule is Cn1cc(CNC(=O)[C@H](N)c2ccccc2)cn1. The predicted octanol–water partition coefficient (Wildman–Crippen LogP) is 0.736. The minimum Gasteiger partial charge on any atom is -0.350 e. The van der Waals surface area contributed by atoms with Crippen LogP contribution in [-0.2, 0) is 18.4 Å². The summed E-state index contributed by atoms with van der Waals surface area (Å²) in [6.45, 7) is 0.438. The van der Waals surface area contributed by atoms with E-state index in [4.69, 9.17) is 5.73 Å². The van der Waals surface area contributed by atoms with Gasteiger partial charge < -0.3 is 11.1 Å². The number of nitrogens with two attached hydrogens (primary N) is 1. The lowest BCUT2D eigenvalue weighted by Crippen LogP contribution is -2.33. The van der Waals surface area contributed by atoms with Crippen molar-refractivity contribution in [2.75, 3.05) is 0 Å². The van der Waals surface area contributed by atoms with Crippen molar-refractivity contribution in [2.45, 2.75) is 12.6 Å². The Morgan fingerprint density at radius 2 is 2.17 bits per heavy atom. The molecule has 2 aromatic rings. The van der Waals surface area contributed by atoms with Crippen LogP contribution in [0.3, 0.4) is 0 Å². The third-order valence-corrected chi connectivity index (χ3v) is 2.67. The summed E-state index contributed by atoms with van der Waals surface area (Å²) in [5.41, 5.74) is 7.63. The second kappa shape index (κ2) is 5.46. The first-order valence-electron chi connectivity index (χ1n) is 5.72. The lowest BCUT2D eigenvalue weighted by molar-refractivity contribution is -0.122. The van der Waals surface area contributed by atoms with Crippen molar-refractivity contribution in [1.29, 1.82) is 0 Å². The normalized spacial score (nSPS) is 12.1. The third-order valence-electron chi connectivity index (χ3n) is 2.67. The highest BCUT2D eigenvalue weighted by Crippen LogP contribution is 2.09. The number of nitrogens with one attached hydrogen (secondary N) is 1. The van der Waals surface area contributed by atoms with Crippen LogP contribution in [0.15, 0.2) is 42.7 Å². The standard InChI is InChI=1S/C13H16N4O/c1-17-9-10(8-16-17)7-15-13(18)12(14)11-5-3-2-4-6-11/h2-6,8-9,12H,7,14H2,1H3,(H,15,18)/t12-/m1/s1. The minimum atomic E-state index is -0.636. The van der Waals surface area contributed by atoms with Crippen LogP contribution < -0.4 is 11.1 Å². The number of rotatable bonds is 4. The molecule has 1 aromatic heterocycles. The molecule has 18 heavy (non-hydrogen) atoms. The second-order valence-corrected chi connectivity index (χ2v) is 4.13. The van der Waals surface area contributed by atoms with Gasteiger partial charge in [-0.3, -0.25) is 9.48 Å². The van der Waals surface area contributed by atoms with Crippen LogP contribution in [-0.4, -0.2) is 15.7 Å². The highest BCUT2D eigenvalue weighted by molar-refractivity contribution is 5.82. The summed E-state index contributed by atoms with van der Waals surface area (Å²) in [5, 5.41) is 6.82. The van der Waals surface area contributed by atoms with E-state index in [1.54, 1.807) is 10.9 Å². The van der Waals surface area contributed by atoms with Gasteiger partial charge in [0.15, 0.2) is 0 Å². The molecule has 0 aliphatic carbocycles. The first-order valence-corrected chi connectivity index (χ1v) is 5.72. The Labute approximate surface area is 106 Å². The summed E-state index contributed by atoms with van der Waals surface area (Å²) >= 11 is 0. The zero-order chi connectivity index (χ0) is 13.0. The van der Waals surface area contributed by atoms with E-state index in [0.717, 1.165) is 11.1 Å². The van der Waals surface area contributed by atoms with E-state index in [9.17, 15) is 4.79 Å². The van der Waals surface area contributed by atoms with E-state index in [0.29, 0.717) is 6.54 Å². The Balaban J connectivity index is 1.92. The van der Waals surface area contributed by atoms with Crippen LogP contribution in [0.25, 0.3) is 0 Å². The monoisotopic (exact) mass is 244 g/mol. The molecule has 2 rings (SSSR count). The maximum atomic E-state index is 11.9. The number of hydrogen-bond acceptors (Lipinski definition) is 3. The average Bonchev–Trinajstić information content (AvgIpc) is 2.82. The Hall–Kier alpha value is -2.14. The molecule has 0 saturated carbocycles. The molecule has 0 radical (unpaired) electrons. The molecule has 1 atom stereocenters. The van der Waals surface area contributed by atoms with Crippen LogP contribution in [0.1, 0.15) is 17.2 Å². The van der Waals surface area contributed by atoms with E-state index in [-0.39, 0.29) is 5.91 Å². The molecule has 1 heterocycles. The Kier molecular flexibility index (Phi) is 3.74. The van der Waals surface area contributed by atoms with Gasteiger partial charge in [-0.2, -0.15) is 5.10 Å². The van der Waals surface area contributed by atoms with Crippen molar-refractivity contribution >= 4 is 5.91 Å². The molecular formula is C13H16N4O. The van der Waals surface area contributed by atoms with Crippen LogP contribution in [0, 0.1) is 0 Å². The molecule has 0 bridgehead atoms. The number of carbonyl (C=O) groups is 1. The lowest BCUT2D eigenvalue weighted by Gasteiger charge is -2.11. The number of benzene rings is 1. The first kappa shape index (κ1) is 12.3. The molecule has 1 aromatic carbocycles. The molecule has 94 valence electrons. The summed E-state index contributed by atoms with van der Waals surface area (Å²) in [7, 11) is 1.83. The maximum Gasteiger partial charge on any atom is 0.241 e. The van der Waals surface area contributed by atoms with Gasteiger partial charge in [-0.05, 0) is 5.56 Å². The van der Waals surface area contributed by atoms with Gasteiger partial charge >= 0.3 is 0 Å². The molecule has 3 N–H and O–H groups in total. The number of carbonyl (C=O) groups excluding carboxylic acids is 1. The Morgan fingerprint density at radius 1 is 1.44 bits per heavy atom. The van der Waals surface area contributed by atoms with Crippen molar-refractivity contribution in [3.63, 3.8) is 0 Å². The second-order valence-electron chi connectivity index (χ2n) is 4.13. The maximum absolute atomic E-state index is 11.9. The molecule has 0 unspecified atom stereocenters. The number of amides is 1. The molecule has 0 spiro atoms. The molecule has 0 fully saturated rings. The quantitative estimate of drug-likeness (QED) is 0.833. The number of nitrogens with zero attached hydrogens (tertiary/aromatic N) is 2. The summed E-state index contributed by atoms with van der Waals surface area (Å²) in [4.78, 5) is 11.9. The fourth-order valence-electron chi connectivity index (χ4n) is 1.67. The van der Waals surface area contributed by atoms with E-state index < -0.39 is 6.04 Å². The van der Waals surface area contributed by atoms with Gasteiger partial charge in [0.2, 0.25) is 5.91 Å². The van der Waals surface area contributed by atoms with Gasteiger partial charge in [-0.1, -0.05) is 30.3 Å². The van der Waals surface area contributed by atoms with Crippen LogP contribution in [0.5, 0.6) is 0 Å². The van der Waals surface area contributed by atoms with Gasteiger partial charge in [0, 0.05) is 25.4 Å². The third kappa shape index (κ3) is 2.95. The molecular weight excluding hydrogens is 228 g/mol. The summed E-state index contributed by atoms with van der Waals surface area (Å²) < 4.78 is 1.69. The zero-order valence-corrected chi connectivity index (χ0v) is 10.2. The van der Waals surface area contributed by atoms with Gasteiger partial charge in [0.25, 0.3) is 0 Å². The van der Waals surface area contributed by atoms with Crippen LogP contribution in [0.4, 0.5) is 0 Å². The zero-order valence-electron chi connectivity index (χ0n) is 10.2. The van der Waals surface area contributed by atoms with Crippen molar-refractivity contribution in [3.8, 4) is 0 Å². The van der Waals surface area contributed by atoms with Crippen LogP contribution >= 0.6 is 0 Å². The largest absolute Gasteiger partial charge is 0.350 e. The van der Waals surface area contributed by atoms with E-state index in [1.807, 2.05) is 43.6 Å². The lowest BCUT2D eigenvalue weighted by atomic mass is 10.1. The van der Waals surface area contributed by atoms with Gasteiger partial charge in [0.1, 0.15) is 6.04 Å². The topological polar surface area (TPSA) is 72.9 Å². The fraction of sp³-hybridized carbons (Fsp3) is 0.231. The molecule has 5 heteroatoms. The molecule has 0 saturated heterocycles. The molecule has 5 nitrogen and oxygen atoms in total.